The number of piperazine rings is 1. The van der Waals surface area contributed by atoms with E-state index in [0.29, 0.717) is 54.8 Å². The fourth-order valence-corrected chi connectivity index (χ4v) is 9.88. The molecule has 3 fully saturated rings. The molecular formula is C42H48FN5O7. The number of phenolic OH excluding ortho intramolecular Hbond substituents is 1. The number of rotatable bonds is 7. The summed E-state index contributed by atoms with van der Waals surface area (Å²) in [5, 5.41) is 12.4. The van der Waals surface area contributed by atoms with Crippen molar-refractivity contribution >= 4 is 29.1 Å². The van der Waals surface area contributed by atoms with Gasteiger partial charge in [0.05, 0.1) is 37.7 Å². The van der Waals surface area contributed by atoms with Crippen LogP contribution in [-0.2, 0) is 16.1 Å². The lowest BCUT2D eigenvalue weighted by Gasteiger charge is -2.47. The van der Waals surface area contributed by atoms with Gasteiger partial charge in [0.25, 0.3) is 5.91 Å². The SMILES string of the molecule is CC[C@H]1COc2cc(O)ccc2[C@H]1c1cc(F)c(N2CCC(CN3CCN4c5ccc6c(c5OC[C@@H]4C3)CN([C@@H]3CCC(=O)NC3=O)C6=O)CC2)cc1OC. The van der Waals surface area contributed by atoms with Crippen LogP contribution in [0.2, 0.25) is 0 Å². The summed E-state index contributed by atoms with van der Waals surface area (Å²) in [7, 11) is 1.64. The molecule has 3 saturated heterocycles. The normalized spacial score (nSPS) is 25.4. The quantitative estimate of drug-likeness (QED) is 0.330. The molecule has 6 aliphatic rings. The molecule has 0 radical (unpaired) electrons. The number of nitrogens with zero attached hydrogens (tertiary/aromatic N) is 4. The largest absolute Gasteiger partial charge is 0.508 e. The minimum atomic E-state index is -0.658. The molecule has 0 aliphatic carbocycles. The van der Waals surface area contributed by atoms with Crippen molar-refractivity contribution in [1.29, 1.82) is 0 Å². The van der Waals surface area contributed by atoms with Gasteiger partial charge in [0.15, 0.2) is 0 Å². The first-order valence-corrected chi connectivity index (χ1v) is 19.7. The Morgan fingerprint density at radius 2 is 1.76 bits per heavy atom. The van der Waals surface area contributed by atoms with E-state index in [1.807, 2.05) is 24.3 Å². The number of piperidine rings is 2. The minimum Gasteiger partial charge on any atom is -0.508 e. The van der Waals surface area contributed by atoms with Crippen molar-refractivity contribution in [3.05, 3.63) is 70.5 Å². The first kappa shape index (κ1) is 35.6. The molecule has 0 spiro atoms. The average molecular weight is 754 g/mol. The Morgan fingerprint density at radius 3 is 2.55 bits per heavy atom. The first-order valence-electron chi connectivity index (χ1n) is 19.7. The standard InChI is InChI=1S/C42H48FN5O7/c1-3-25-22-54-37-16-27(49)4-5-29(37)39(25)30-17-32(43)35(18-36(30)53-2)46-12-10-24(11-13-46)19-45-14-15-47-26(20-45)23-55-40-31-21-48(34-8-9-38(50)44-41(34)51)42(52)28(31)6-7-33(40)47/h4-7,16-18,24-26,34,39,49H,3,8-15,19-23H2,1-2H3,(H,44,50,51)/t25-,26-,34+,39-/m0/s1. The van der Waals surface area contributed by atoms with Crippen LogP contribution in [0.15, 0.2) is 42.5 Å². The second-order valence-electron chi connectivity index (χ2n) is 15.9. The lowest BCUT2D eigenvalue weighted by atomic mass is 9.77. The maximum absolute atomic E-state index is 16.1. The molecule has 0 unspecified atom stereocenters. The summed E-state index contributed by atoms with van der Waals surface area (Å²) >= 11 is 0. The van der Waals surface area contributed by atoms with Crippen molar-refractivity contribution in [2.45, 2.75) is 63.6 Å². The fourth-order valence-electron chi connectivity index (χ4n) is 9.88. The predicted molar refractivity (Wildman–Crippen MR) is 203 cm³/mol. The van der Waals surface area contributed by atoms with Crippen LogP contribution in [0.25, 0.3) is 0 Å². The van der Waals surface area contributed by atoms with Crippen molar-refractivity contribution in [2.75, 3.05) is 69.4 Å². The molecule has 3 aromatic rings. The predicted octanol–water partition coefficient (Wildman–Crippen LogP) is 4.65. The number of aromatic hydroxyl groups is 1. The Hall–Kier alpha value is -5.04. The number of benzene rings is 3. The molecule has 4 atom stereocenters. The summed E-state index contributed by atoms with van der Waals surface area (Å²) in [5.74, 6) is 1.56. The Bertz CT molecular complexity index is 2040. The monoisotopic (exact) mass is 753 g/mol. The third kappa shape index (κ3) is 6.30. The molecule has 9 rings (SSSR count). The Kier molecular flexibility index (Phi) is 9.22. The van der Waals surface area contributed by atoms with E-state index in [4.69, 9.17) is 14.2 Å². The highest BCUT2D eigenvalue weighted by atomic mass is 19.1. The van der Waals surface area contributed by atoms with Gasteiger partial charge < -0.3 is 34.0 Å². The van der Waals surface area contributed by atoms with Gasteiger partial charge in [-0.2, -0.15) is 0 Å². The van der Waals surface area contributed by atoms with Gasteiger partial charge in [0, 0.05) is 91.9 Å². The number of amides is 3. The zero-order valence-corrected chi connectivity index (χ0v) is 31.4. The fraction of sp³-hybridized carbons (Fsp3) is 0.500. The van der Waals surface area contributed by atoms with Gasteiger partial charge in [-0.25, -0.2) is 4.39 Å². The lowest BCUT2D eigenvalue weighted by molar-refractivity contribution is -0.136. The molecule has 55 heavy (non-hydrogen) atoms. The van der Waals surface area contributed by atoms with E-state index in [2.05, 4.69) is 26.9 Å². The molecule has 0 aromatic heterocycles. The van der Waals surface area contributed by atoms with Crippen molar-refractivity contribution in [1.82, 2.24) is 15.1 Å². The van der Waals surface area contributed by atoms with Crippen LogP contribution in [0.3, 0.4) is 0 Å². The van der Waals surface area contributed by atoms with Gasteiger partial charge in [-0.1, -0.05) is 13.0 Å². The van der Waals surface area contributed by atoms with Crippen LogP contribution in [0, 0.1) is 17.7 Å². The van der Waals surface area contributed by atoms with Crippen molar-refractivity contribution < 1.29 is 38.1 Å². The average Bonchev–Trinajstić information content (AvgIpc) is 3.53. The van der Waals surface area contributed by atoms with Gasteiger partial charge in [-0.05, 0) is 55.9 Å². The third-order valence-corrected chi connectivity index (χ3v) is 12.8. The number of hydrogen-bond acceptors (Lipinski definition) is 10. The maximum atomic E-state index is 16.1. The molecule has 3 aromatic carbocycles. The molecule has 6 aliphatic heterocycles. The van der Waals surface area contributed by atoms with Crippen LogP contribution in [0.5, 0.6) is 23.0 Å². The smallest absolute Gasteiger partial charge is 0.255 e. The van der Waals surface area contributed by atoms with Crippen LogP contribution >= 0.6 is 0 Å². The summed E-state index contributed by atoms with van der Waals surface area (Å²) in [6.07, 6.45) is 3.34. The van der Waals surface area contributed by atoms with Crippen LogP contribution in [-0.4, -0.2) is 104 Å². The summed E-state index contributed by atoms with van der Waals surface area (Å²) < 4.78 is 34.4. The van der Waals surface area contributed by atoms with Gasteiger partial charge in [0.2, 0.25) is 11.8 Å². The van der Waals surface area contributed by atoms with Crippen LogP contribution in [0.4, 0.5) is 15.8 Å². The third-order valence-electron chi connectivity index (χ3n) is 12.8. The van der Waals surface area contributed by atoms with Crippen LogP contribution in [0.1, 0.15) is 72.0 Å². The number of halogens is 1. The second kappa shape index (κ2) is 14.2. The molecule has 0 saturated carbocycles. The number of phenols is 1. The first-order chi connectivity index (χ1) is 26.7. The highest BCUT2D eigenvalue weighted by Gasteiger charge is 2.43. The van der Waals surface area contributed by atoms with Gasteiger partial charge in [-0.3, -0.25) is 24.6 Å². The molecule has 6 heterocycles. The number of nitrogens with one attached hydrogen (secondary N) is 1. The second-order valence-corrected chi connectivity index (χ2v) is 15.9. The Balaban J connectivity index is 0.830. The summed E-state index contributed by atoms with van der Waals surface area (Å²) in [4.78, 5) is 46.3. The maximum Gasteiger partial charge on any atom is 0.255 e. The summed E-state index contributed by atoms with van der Waals surface area (Å²) in [6, 6.07) is 12.1. The zero-order chi connectivity index (χ0) is 38.0. The zero-order valence-electron chi connectivity index (χ0n) is 31.4. The van der Waals surface area contributed by atoms with Gasteiger partial charge >= 0.3 is 0 Å². The molecule has 13 heteroatoms. The molecule has 2 N–H and O–H groups in total. The molecule has 12 nitrogen and oxygen atoms in total. The number of imide groups is 1. The highest BCUT2D eigenvalue weighted by Crippen LogP contribution is 2.48. The molecule has 290 valence electrons. The number of hydrogen-bond donors (Lipinski definition) is 2. The van der Waals surface area contributed by atoms with Crippen LogP contribution < -0.4 is 29.3 Å². The number of anilines is 2. The van der Waals surface area contributed by atoms with Crippen molar-refractivity contribution in [3.8, 4) is 23.0 Å². The van der Waals surface area contributed by atoms with E-state index in [9.17, 15) is 19.5 Å². The molecule has 0 bridgehead atoms. The van der Waals surface area contributed by atoms with Crippen molar-refractivity contribution in [3.63, 3.8) is 0 Å². The number of methoxy groups -OCH3 is 1. The van der Waals surface area contributed by atoms with E-state index < -0.39 is 11.9 Å². The summed E-state index contributed by atoms with van der Waals surface area (Å²) in [5.41, 5.74) is 4.70. The number of ether oxygens (including phenoxy) is 3. The summed E-state index contributed by atoms with van der Waals surface area (Å²) in [6.45, 7) is 8.56. The lowest BCUT2D eigenvalue weighted by Crippen LogP contribution is -2.58. The number of fused-ring (bicyclic) bond motifs is 6. The number of carbonyl (C=O) groups is 3. The van der Waals surface area contributed by atoms with Gasteiger partial charge in [0.1, 0.15) is 41.5 Å². The van der Waals surface area contributed by atoms with E-state index >= 15 is 4.39 Å². The van der Waals surface area contributed by atoms with E-state index in [-0.39, 0.29) is 47.7 Å². The van der Waals surface area contributed by atoms with Gasteiger partial charge in [-0.15, -0.1) is 0 Å². The number of carbonyl (C=O) groups excluding carboxylic acids is 3. The Morgan fingerprint density at radius 1 is 0.927 bits per heavy atom. The van der Waals surface area contributed by atoms with Crippen molar-refractivity contribution in [2.24, 2.45) is 11.8 Å². The Labute approximate surface area is 320 Å². The van der Waals surface area contributed by atoms with E-state index in [1.54, 1.807) is 30.2 Å². The minimum absolute atomic E-state index is 0.109. The highest BCUT2D eigenvalue weighted by molar-refractivity contribution is 6.06. The van der Waals surface area contributed by atoms with E-state index in [0.717, 1.165) is 86.7 Å². The topological polar surface area (TPSA) is 124 Å². The van der Waals surface area contributed by atoms with E-state index in [1.165, 1.54) is 0 Å². The molecule has 3 amide bonds. The molecular weight excluding hydrogens is 705 g/mol.